The zero-order chi connectivity index (χ0) is 16.5. The highest BCUT2D eigenvalue weighted by Crippen LogP contribution is 2.23. The van der Waals surface area contributed by atoms with Crippen LogP contribution in [0.2, 0.25) is 0 Å². The van der Waals surface area contributed by atoms with E-state index in [0.717, 1.165) is 0 Å². The van der Waals surface area contributed by atoms with Gasteiger partial charge in [-0.3, -0.25) is 0 Å². The van der Waals surface area contributed by atoms with Crippen LogP contribution < -0.4 is 4.74 Å². The summed E-state index contributed by atoms with van der Waals surface area (Å²) in [4.78, 5) is 21.5. The number of halogens is 2. The van der Waals surface area contributed by atoms with Crippen molar-refractivity contribution in [3.05, 3.63) is 16.5 Å². The second-order valence-electron chi connectivity index (χ2n) is 6.14. The maximum absolute atomic E-state index is 14.1. The molecule has 8 heteroatoms. The number of rotatable bonds is 2. The van der Waals surface area contributed by atoms with Crippen LogP contribution in [-0.4, -0.2) is 51.9 Å². The lowest BCUT2D eigenvalue weighted by Gasteiger charge is -2.24. The zero-order valence-corrected chi connectivity index (χ0v) is 14.6. The molecule has 2 heterocycles. The van der Waals surface area contributed by atoms with Gasteiger partial charge in [0.25, 0.3) is 0 Å². The minimum atomic E-state index is -1.29. The topological polar surface area (TPSA) is 64.6 Å². The van der Waals surface area contributed by atoms with Crippen LogP contribution in [0.1, 0.15) is 26.5 Å². The highest BCUT2D eigenvalue weighted by atomic mass is 79.9. The third-order valence-corrected chi connectivity index (χ3v) is 3.37. The van der Waals surface area contributed by atoms with Gasteiger partial charge in [0, 0.05) is 0 Å². The molecule has 1 aliphatic heterocycles. The number of likely N-dealkylation sites (tertiary alicyclic amines) is 1. The van der Waals surface area contributed by atoms with Gasteiger partial charge in [-0.15, -0.1) is 0 Å². The summed E-state index contributed by atoms with van der Waals surface area (Å²) < 4.78 is 25.5. The van der Waals surface area contributed by atoms with E-state index >= 15 is 0 Å². The van der Waals surface area contributed by atoms with Gasteiger partial charge in [-0.25, -0.2) is 19.2 Å². The Kier molecular flexibility index (Phi) is 4.89. The van der Waals surface area contributed by atoms with Gasteiger partial charge in [0.1, 0.15) is 15.9 Å². The van der Waals surface area contributed by atoms with E-state index in [4.69, 9.17) is 9.47 Å². The molecule has 1 aliphatic rings. The van der Waals surface area contributed by atoms with Crippen molar-refractivity contribution in [2.24, 2.45) is 0 Å². The van der Waals surface area contributed by atoms with E-state index in [2.05, 4.69) is 25.9 Å². The maximum atomic E-state index is 14.1. The fourth-order valence-corrected chi connectivity index (χ4v) is 2.39. The number of alkyl halides is 1. The highest BCUT2D eigenvalue weighted by molar-refractivity contribution is 9.10. The summed E-state index contributed by atoms with van der Waals surface area (Å²) in [6.45, 7) is 7.09. The van der Waals surface area contributed by atoms with Gasteiger partial charge in [-0.1, -0.05) is 0 Å². The summed E-state index contributed by atoms with van der Waals surface area (Å²) in [5, 5.41) is 0. The lowest BCUT2D eigenvalue weighted by molar-refractivity contribution is 0.0273. The minimum Gasteiger partial charge on any atom is -0.468 e. The molecule has 0 spiro atoms. The van der Waals surface area contributed by atoms with E-state index < -0.39 is 24.0 Å². The molecule has 1 aromatic heterocycles. The molecule has 6 nitrogen and oxygen atoms in total. The predicted octanol–water partition coefficient (Wildman–Crippen LogP) is 2.88. The molecule has 1 amide bonds. The molecule has 0 radical (unpaired) electrons. The second kappa shape index (κ2) is 6.36. The zero-order valence-electron chi connectivity index (χ0n) is 13.0. The number of ether oxygens (including phenoxy) is 2. The van der Waals surface area contributed by atoms with Crippen LogP contribution in [0.4, 0.5) is 9.18 Å². The van der Waals surface area contributed by atoms with Crippen LogP contribution in [0.25, 0.3) is 0 Å². The number of hydrogen-bond donors (Lipinski definition) is 0. The molecule has 22 heavy (non-hydrogen) atoms. The van der Waals surface area contributed by atoms with E-state index in [1.165, 1.54) is 11.1 Å². The van der Waals surface area contributed by atoms with E-state index in [-0.39, 0.29) is 19.0 Å². The molecule has 0 N–H and O–H groups in total. The van der Waals surface area contributed by atoms with Crippen LogP contribution in [0, 0.1) is 6.92 Å². The van der Waals surface area contributed by atoms with Crippen LogP contribution in [-0.2, 0) is 4.74 Å². The summed E-state index contributed by atoms with van der Waals surface area (Å²) in [5.74, 6) is 0.266. The van der Waals surface area contributed by atoms with E-state index in [9.17, 15) is 9.18 Å². The molecular weight excluding hydrogens is 357 g/mol. The van der Waals surface area contributed by atoms with Crippen LogP contribution in [0.3, 0.4) is 0 Å². The summed E-state index contributed by atoms with van der Waals surface area (Å²) in [7, 11) is 0. The first-order valence-corrected chi connectivity index (χ1v) is 7.73. The summed E-state index contributed by atoms with van der Waals surface area (Å²) in [6.07, 6.45) is -1.13. The fraction of sp³-hybridized carbons (Fsp3) is 0.643. The standard InChI is InChI=1S/C14H19BrFN3O3/c1-8-12(17-5-11(15)18-8)21-10-7-19(6-9(10)16)13(20)22-14(2,3)4/h5,9-10H,6-7H2,1-4H3/t9-,10-/m1/s1. The minimum absolute atomic E-state index is 0.0530. The molecule has 0 aromatic carbocycles. The molecule has 122 valence electrons. The van der Waals surface area contributed by atoms with Gasteiger partial charge in [0.2, 0.25) is 5.88 Å². The number of amides is 1. The Morgan fingerprint density at radius 1 is 1.45 bits per heavy atom. The highest BCUT2D eigenvalue weighted by Gasteiger charge is 2.39. The molecule has 1 saturated heterocycles. The van der Waals surface area contributed by atoms with Gasteiger partial charge < -0.3 is 14.4 Å². The Hall–Kier alpha value is -1.44. The Labute approximate surface area is 137 Å². The monoisotopic (exact) mass is 375 g/mol. The van der Waals surface area contributed by atoms with E-state index in [1.54, 1.807) is 27.7 Å². The van der Waals surface area contributed by atoms with Gasteiger partial charge in [0.05, 0.1) is 19.3 Å². The largest absolute Gasteiger partial charge is 0.468 e. The van der Waals surface area contributed by atoms with Crippen molar-refractivity contribution in [1.82, 2.24) is 14.9 Å². The molecule has 1 aromatic rings. The molecule has 0 saturated carbocycles. The third kappa shape index (κ3) is 4.28. The fourth-order valence-electron chi connectivity index (χ4n) is 2.02. The molecule has 0 bridgehead atoms. The van der Waals surface area contributed by atoms with Crippen molar-refractivity contribution in [2.45, 2.75) is 45.6 Å². The maximum Gasteiger partial charge on any atom is 0.410 e. The summed E-state index contributed by atoms with van der Waals surface area (Å²) >= 11 is 3.20. The molecule has 0 aliphatic carbocycles. The number of aryl methyl sites for hydroxylation is 1. The first kappa shape index (κ1) is 16.9. The van der Waals surface area contributed by atoms with Crippen molar-refractivity contribution in [2.75, 3.05) is 13.1 Å². The Bertz CT molecular complexity index is 565. The van der Waals surface area contributed by atoms with Crippen LogP contribution in [0.15, 0.2) is 10.8 Å². The molecule has 1 fully saturated rings. The summed E-state index contributed by atoms with van der Waals surface area (Å²) in [5.41, 5.74) is -0.0624. The van der Waals surface area contributed by atoms with E-state index in [0.29, 0.717) is 10.3 Å². The van der Waals surface area contributed by atoms with Gasteiger partial charge >= 0.3 is 6.09 Å². The number of carbonyl (C=O) groups excluding carboxylic acids is 1. The summed E-state index contributed by atoms with van der Waals surface area (Å²) in [6, 6.07) is 0. The second-order valence-corrected chi connectivity index (χ2v) is 6.95. The number of carbonyl (C=O) groups is 1. The van der Waals surface area contributed by atoms with Crippen molar-refractivity contribution in [3.8, 4) is 5.88 Å². The lowest BCUT2D eigenvalue weighted by Crippen LogP contribution is -2.36. The average molecular weight is 376 g/mol. The number of hydrogen-bond acceptors (Lipinski definition) is 5. The number of aromatic nitrogens is 2. The van der Waals surface area contributed by atoms with Crippen molar-refractivity contribution in [3.63, 3.8) is 0 Å². The Morgan fingerprint density at radius 2 is 2.14 bits per heavy atom. The smallest absolute Gasteiger partial charge is 0.410 e. The molecule has 2 atom stereocenters. The molecule has 0 unspecified atom stereocenters. The van der Waals surface area contributed by atoms with Crippen molar-refractivity contribution >= 4 is 22.0 Å². The average Bonchev–Trinajstić information content (AvgIpc) is 2.72. The van der Waals surface area contributed by atoms with Crippen LogP contribution in [0.5, 0.6) is 5.88 Å². The molecular formula is C14H19BrFN3O3. The van der Waals surface area contributed by atoms with Gasteiger partial charge in [-0.2, -0.15) is 0 Å². The predicted molar refractivity (Wildman–Crippen MR) is 81.6 cm³/mol. The Balaban J connectivity index is 2.00. The lowest BCUT2D eigenvalue weighted by atomic mass is 10.2. The quantitative estimate of drug-likeness (QED) is 0.794. The number of nitrogens with zero attached hydrogens (tertiary/aromatic N) is 3. The first-order valence-electron chi connectivity index (χ1n) is 6.93. The normalized spacial score (nSPS) is 21.8. The SMILES string of the molecule is Cc1nc(Br)cnc1O[C@@H]1CN(C(=O)OC(C)(C)C)C[C@H]1F. The first-order chi connectivity index (χ1) is 10.2. The van der Waals surface area contributed by atoms with Crippen molar-refractivity contribution in [1.29, 1.82) is 0 Å². The van der Waals surface area contributed by atoms with Crippen molar-refractivity contribution < 1.29 is 18.7 Å². The van der Waals surface area contributed by atoms with Gasteiger partial charge in [-0.05, 0) is 43.6 Å². The van der Waals surface area contributed by atoms with E-state index in [1.807, 2.05) is 0 Å². The third-order valence-electron chi connectivity index (χ3n) is 2.99. The van der Waals surface area contributed by atoms with Gasteiger partial charge in [0.15, 0.2) is 12.3 Å². The van der Waals surface area contributed by atoms with Crippen LogP contribution >= 0.6 is 15.9 Å². The molecule has 2 rings (SSSR count). The Morgan fingerprint density at radius 3 is 2.73 bits per heavy atom.